The van der Waals surface area contributed by atoms with E-state index in [-0.39, 0.29) is 5.92 Å². The van der Waals surface area contributed by atoms with Crippen LogP contribution in [-0.2, 0) is 17.9 Å². The van der Waals surface area contributed by atoms with Gasteiger partial charge in [0.05, 0.1) is 16.0 Å². The Morgan fingerprint density at radius 2 is 1.77 bits per heavy atom. The molecule has 4 nitrogen and oxygen atoms in total. The van der Waals surface area contributed by atoms with Gasteiger partial charge in [-0.05, 0) is 48.2 Å². The van der Waals surface area contributed by atoms with E-state index in [1.807, 2.05) is 26.0 Å². The van der Waals surface area contributed by atoms with Crippen molar-refractivity contribution in [1.82, 2.24) is 4.90 Å². The highest BCUT2D eigenvalue weighted by atomic mass is 35.5. The van der Waals surface area contributed by atoms with Crippen molar-refractivity contribution in [2.75, 3.05) is 13.1 Å². The molecule has 0 unspecified atom stereocenters. The van der Waals surface area contributed by atoms with Gasteiger partial charge >= 0.3 is 5.97 Å². The van der Waals surface area contributed by atoms with Gasteiger partial charge in [-0.1, -0.05) is 41.4 Å². The molecule has 2 aromatic rings. The van der Waals surface area contributed by atoms with Crippen molar-refractivity contribution in [2.45, 2.75) is 27.0 Å². The van der Waals surface area contributed by atoms with Gasteiger partial charge in [-0.15, -0.1) is 0 Å². The number of halogens is 2. The summed E-state index contributed by atoms with van der Waals surface area (Å²) in [5.74, 6) is -0.0718. The molecule has 0 bridgehead atoms. The quantitative estimate of drug-likeness (QED) is 0.771. The lowest BCUT2D eigenvalue weighted by molar-refractivity contribution is -0.147. The van der Waals surface area contributed by atoms with Gasteiger partial charge in [-0.2, -0.15) is 0 Å². The lowest BCUT2D eigenvalue weighted by atomic mass is 9.98. The maximum Gasteiger partial charge on any atom is 0.309 e. The molecule has 1 aliphatic rings. The number of aryl methyl sites for hydroxylation is 2. The Morgan fingerprint density at radius 3 is 2.35 bits per heavy atom. The highest BCUT2D eigenvalue weighted by molar-refractivity contribution is 6.42. The third-order valence-electron chi connectivity index (χ3n) is 4.60. The number of nitrogens with zero attached hydrogens (tertiary/aromatic N) is 1. The van der Waals surface area contributed by atoms with E-state index in [1.165, 1.54) is 5.56 Å². The van der Waals surface area contributed by atoms with Crippen LogP contribution < -0.4 is 4.74 Å². The van der Waals surface area contributed by atoms with Crippen molar-refractivity contribution in [1.29, 1.82) is 0 Å². The van der Waals surface area contributed by atoms with Crippen LogP contribution in [0.1, 0.15) is 22.3 Å². The van der Waals surface area contributed by atoms with E-state index in [9.17, 15) is 4.79 Å². The van der Waals surface area contributed by atoms with E-state index in [0.29, 0.717) is 29.7 Å². The lowest BCUT2D eigenvalue weighted by Crippen LogP contribution is -2.49. The fraction of sp³-hybridized carbons (Fsp3) is 0.350. The van der Waals surface area contributed by atoms with E-state index in [4.69, 9.17) is 33.0 Å². The molecule has 1 saturated heterocycles. The zero-order valence-corrected chi connectivity index (χ0v) is 16.3. The molecule has 1 heterocycles. The number of carboxylic acid groups (broad SMARTS) is 1. The largest absolute Gasteiger partial charge is 0.488 e. The summed E-state index contributed by atoms with van der Waals surface area (Å²) >= 11 is 12.0. The number of rotatable bonds is 6. The molecule has 1 fully saturated rings. The average molecular weight is 394 g/mol. The third-order valence-corrected chi connectivity index (χ3v) is 5.34. The van der Waals surface area contributed by atoms with Gasteiger partial charge in [-0.3, -0.25) is 9.69 Å². The molecule has 0 aromatic heterocycles. The molecular formula is C20H21Cl2NO3. The monoisotopic (exact) mass is 393 g/mol. The smallest absolute Gasteiger partial charge is 0.309 e. The Morgan fingerprint density at radius 1 is 1.12 bits per heavy atom. The minimum Gasteiger partial charge on any atom is -0.488 e. The molecule has 0 atom stereocenters. The molecule has 0 spiro atoms. The minimum atomic E-state index is -0.709. The van der Waals surface area contributed by atoms with Crippen molar-refractivity contribution in [2.24, 2.45) is 5.92 Å². The maximum atomic E-state index is 10.9. The maximum absolute atomic E-state index is 10.9. The summed E-state index contributed by atoms with van der Waals surface area (Å²) in [4.78, 5) is 13.0. The number of carbonyl (C=O) groups is 1. The molecule has 0 saturated carbocycles. The first-order chi connectivity index (χ1) is 12.3. The summed E-state index contributed by atoms with van der Waals surface area (Å²) in [7, 11) is 0. The second-order valence-corrected chi connectivity index (χ2v) is 7.64. The number of aliphatic carboxylic acids is 1. The molecule has 3 rings (SSSR count). The van der Waals surface area contributed by atoms with Crippen molar-refractivity contribution >= 4 is 29.2 Å². The fourth-order valence-electron chi connectivity index (χ4n) is 3.26. The van der Waals surface area contributed by atoms with Crippen LogP contribution in [0.4, 0.5) is 0 Å². The second-order valence-electron chi connectivity index (χ2n) is 6.83. The van der Waals surface area contributed by atoms with Crippen molar-refractivity contribution in [3.63, 3.8) is 0 Å². The summed E-state index contributed by atoms with van der Waals surface area (Å²) in [5, 5.41) is 10.0. The molecule has 6 heteroatoms. The summed E-state index contributed by atoms with van der Waals surface area (Å²) in [5.41, 5.74) is 4.26. The fourth-order valence-corrected chi connectivity index (χ4v) is 3.58. The van der Waals surface area contributed by atoms with Crippen LogP contribution in [0.15, 0.2) is 30.3 Å². The number of hydrogen-bond acceptors (Lipinski definition) is 3. The van der Waals surface area contributed by atoms with Crippen LogP contribution in [0.25, 0.3) is 0 Å². The number of benzene rings is 2. The van der Waals surface area contributed by atoms with E-state index in [1.54, 1.807) is 6.07 Å². The molecule has 0 aliphatic carbocycles. The molecule has 1 aliphatic heterocycles. The van der Waals surface area contributed by atoms with Gasteiger partial charge in [0, 0.05) is 19.6 Å². The predicted molar refractivity (Wildman–Crippen MR) is 103 cm³/mol. The van der Waals surface area contributed by atoms with Gasteiger partial charge in [-0.25, -0.2) is 0 Å². The molecule has 2 aromatic carbocycles. The first-order valence-electron chi connectivity index (χ1n) is 8.45. The standard InChI is InChI=1S/C20H21Cl2NO3/c1-12-5-15(8-23-9-16(10-23)20(24)25)6-13(2)19(12)26-11-14-3-4-17(21)18(22)7-14/h3-7,16H,8-11H2,1-2H3,(H,24,25). The molecular weight excluding hydrogens is 373 g/mol. The van der Waals surface area contributed by atoms with Crippen LogP contribution in [0.5, 0.6) is 5.75 Å². The second kappa shape index (κ2) is 7.87. The minimum absolute atomic E-state index is 0.231. The lowest BCUT2D eigenvalue weighted by Gasteiger charge is -2.36. The van der Waals surface area contributed by atoms with Gasteiger partial charge in [0.1, 0.15) is 12.4 Å². The molecule has 138 valence electrons. The summed E-state index contributed by atoms with van der Waals surface area (Å²) < 4.78 is 6.00. The Bertz CT molecular complexity index is 809. The number of carboxylic acids is 1. The first-order valence-corrected chi connectivity index (χ1v) is 9.21. The Labute approximate surface area is 163 Å². The molecule has 26 heavy (non-hydrogen) atoms. The van der Waals surface area contributed by atoms with Gasteiger partial charge < -0.3 is 9.84 Å². The number of ether oxygens (including phenoxy) is 1. The topological polar surface area (TPSA) is 49.8 Å². The van der Waals surface area contributed by atoms with Gasteiger partial charge in [0.15, 0.2) is 0 Å². The van der Waals surface area contributed by atoms with Gasteiger partial charge in [0.25, 0.3) is 0 Å². The van der Waals surface area contributed by atoms with E-state index >= 15 is 0 Å². The van der Waals surface area contributed by atoms with Crippen molar-refractivity contribution in [3.8, 4) is 5.75 Å². The summed E-state index contributed by atoms with van der Waals surface area (Å²) in [6, 6.07) is 9.68. The van der Waals surface area contributed by atoms with Crippen molar-refractivity contribution in [3.05, 3.63) is 62.6 Å². The molecule has 0 radical (unpaired) electrons. The molecule has 0 amide bonds. The van der Waals surface area contributed by atoms with Crippen LogP contribution >= 0.6 is 23.2 Å². The SMILES string of the molecule is Cc1cc(CN2CC(C(=O)O)C2)cc(C)c1OCc1ccc(Cl)c(Cl)c1. The molecule has 1 N–H and O–H groups in total. The summed E-state index contributed by atoms with van der Waals surface area (Å²) in [6.07, 6.45) is 0. The van der Waals surface area contributed by atoms with Crippen molar-refractivity contribution < 1.29 is 14.6 Å². The normalized spacial score (nSPS) is 14.9. The van der Waals surface area contributed by atoms with Crippen LogP contribution in [-0.4, -0.2) is 29.1 Å². The highest BCUT2D eigenvalue weighted by Gasteiger charge is 2.32. The van der Waals surface area contributed by atoms with Crippen LogP contribution in [0.3, 0.4) is 0 Å². The number of likely N-dealkylation sites (tertiary alicyclic amines) is 1. The first kappa shape index (κ1) is 19.0. The zero-order chi connectivity index (χ0) is 18.8. The average Bonchev–Trinajstić information content (AvgIpc) is 2.52. The highest BCUT2D eigenvalue weighted by Crippen LogP contribution is 2.29. The number of hydrogen-bond donors (Lipinski definition) is 1. The van der Waals surface area contributed by atoms with Crippen LogP contribution in [0, 0.1) is 19.8 Å². The third kappa shape index (κ3) is 4.32. The Kier molecular flexibility index (Phi) is 5.76. The van der Waals surface area contributed by atoms with E-state index in [2.05, 4.69) is 17.0 Å². The summed E-state index contributed by atoms with van der Waals surface area (Å²) in [6.45, 7) is 6.46. The van der Waals surface area contributed by atoms with Gasteiger partial charge in [0.2, 0.25) is 0 Å². The Balaban J connectivity index is 1.63. The van der Waals surface area contributed by atoms with E-state index < -0.39 is 5.97 Å². The zero-order valence-electron chi connectivity index (χ0n) is 14.8. The van der Waals surface area contributed by atoms with Crippen LogP contribution in [0.2, 0.25) is 10.0 Å². The van der Waals surface area contributed by atoms with E-state index in [0.717, 1.165) is 29.0 Å². The predicted octanol–water partition coefficient (Wildman–Crippen LogP) is 4.71. The Hall–Kier alpha value is -1.75.